The number of hydrogen-bond donors (Lipinski definition) is 2. The van der Waals surface area contributed by atoms with Gasteiger partial charge in [0, 0.05) is 18.8 Å². The van der Waals surface area contributed by atoms with Crippen LogP contribution in [-0.2, 0) is 11.2 Å². The van der Waals surface area contributed by atoms with Crippen molar-refractivity contribution >= 4 is 17.7 Å². The van der Waals surface area contributed by atoms with E-state index in [1.807, 2.05) is 0 Å². The first-order valence-electron chi connectivity index (χ1n) is 6.15. The number of nitrogens with one attached hydrogen (secondary N) is 1. The molecule has 0 aliphatic carbocycles. The Morgan fingerprint density at radius 2 is 1.70 bits per heavy atom. The number of amides is 2. The number of rotatable bonds is 7. The van der Waals surface area contributed by atoms with Gasteiger partial charge in [0.1, 0.15) is 0 Å². The molecule has 0 fully saturated rings. The van der Waals surface area contributed by atoms with Crippen LogP contribution in [0, 0.1) is 0 Å². The second kappa shape index (κ2) is 7.78. The van der Waals surface area contributed by atoms with Gasteiger partial charge in [-0.05, 0) is 17.7 Å². The molecule has 5 heteroatoms. The number of carboxylic acids is 1. The fourth-order valence-electron chi connectivity index (χ4n) is 1.64. The van der Waals surface area contributed by atoms with Crippen molar-refractivity contribution in [2.75, 3.05) is 18.4 Å². The van der Waals surface area contributed by atoms with Crippen LogP contribution in [0.15, 0.2) is 49.6 Å². The molecule has 0 aromatic heterocycles. The van der Waals surface area contributed by atoms with Gasteiger partial charge in [0.25, 0.3) is 0 Å². The number of nitrogens with zero attached hydrogens (tertiary/aromatic N) is 1. The lowest BCUT2D eigenvalue weighted by Gasteiger charge is -2.19. The Morgan fingerprint density at radius 3 is 2.15 bits per heavy atom. The first kappa shape index (κ1) is 15.5. The highest BCUT2D eigenvalue weighted by molar-refractivity contribution is 5.89. The first-order valence-corrected chi connectivity index (χ1v) is 6.15. The van der Waals surface area contributed by atoms with Crippen molar-refractivity contribution in [1.29, 1.82) is 0 Å². The standard InChI is InChI=1S/C15H18N2O3/c1-3-9-17(10-4-2)15(20)16-13-7-5-12(6-8-13)11-14(18)19/h3-8H,1-2,9-11H2,(H,16,20)(H,18,19). The molecule has 2 N–H and O–H groups in total. The van der Waals surface area contributed by atoms with E-state index in [1.54, 1.807) is 41.3 Å². The van der Waals surface area contributed by atoms with Crippen LogP contribution in [0.25, 0.3) is 0 Å². The van der Waals surface area contributed by atoms with Gasteiger partial charge in [-0.3, -0.25) is 4.79 Å². The molecule has 106 valence electrons. The number of carbonyl (C=O) groups excluding carboxylic acids is 1. The van der Waals surface area contributed by atoms with E-state index in [0.29, 0.717) is 24.3 Å². The number of aliphatic carboxylic acids is 1. The number of urea groups is 1. The SMILES string of the molecule is C=CCN(CC=C)C(=O)Nc1ccc(CC(=O)O)cc1. The summed E-state index contributed by atoms with van der Waals surface area (Å²) in [5.41, 5.74) is 1.30. The van der Waals surface area contributed by atoms with Crippen molar-refractivity contribution in [3.63, 3.8) is 0 Å². The molecule has 0 heterocycles. The zero-order chi connectivity index (χ0) is 15.0. The third-order valence-corrected chi connectivity index (χ3v) is 2.55. The highest BCUT2D eigenvalue weighted by Gasteiger charge is 2.10. The fourth-order valence-corrected chi connectivity index (χ4v) is 1.64. The van der Waals surface area contributed by atoms with Gasteiger partial charge < -0.3 is 15.3 Å². The summed E-state index contributed by atoms with van der Waals surface area (Å²) in [6, 6.07) is 6.45. The van der Waals surface area contributed by atoms with Gasteiger partial charge in [0.05, 0.1) is 6.42 Å². The Labute approximate surface area is 118 Å². The highest BCUT2D eigenvalue weighted by Crippen LogP contribution is 2.11. The topological polar surface area (TPSA) is 69.6 Å². The zero-order valence-electron chi connectivity index (χ0n) is 11.2. The monoisotopic (exact) mass is 274 g/mol. The highest BCUT2D eigenvalue weighted by atomic mass is 16.4. The van der Waals surface area contributed by atoms with Crippen LogP contribution in [0.2, 0.25) is 0 Å². The second-order valence-electron chi connectivity index (χ2n) is 4.18. The van der Waals surface area contributed by atoms with Gasteiger partial charge in [-0.15, -0.1) is 13.2 Å². The van der Waals surface area contributed by atoms with E-state index in [2.05, 4.69) is 18.5 Å². The summed E-state index contributed by atoms with van der Waals surface area (Å²) in [7, 11) is 0. The van der Waals surface area contributed by atoms with E-state index in [0.717, 1.165) is 0 Å². The van der Waals surface area contributed by atoms with Crippen molar-refractivity contribution in [2.45, 2.75) is 6.42 Å². The summed E-state index contributed by atoms with van der Waals surface area (Å²) >= 11 is 0. The molecular weight excluding hydrogens is 256 g/mol. The van der Waals surface area contributed by atoms with Gasteiger partial charge in [-0.2, -0.15) is 0 Å². The Kier molecular flexibility index (Phi) is 6.03. The molecule has 0 spiro atoms. The van der Waals surface area contributed by atoms with Gasteiger partial charge in [0.15, 0.2) is 0 Å². The average Bonchev–Trinajstić information content (AvgIpc) is 2.40. The lowest BCUT2D eigenvalue weighted by Crippen LogP contribution is -2.35. The second-order valence-corrected chi connectivity index (χ2v) is 4.18. The maximum absolute atomic E-state index is 12.0. The maximum Gasteiger partial charge on any atom is 0.322 e. The molecule has 0 radical (unpaired) electrons. The van der Waals surface area contributed by atoms with Crippen molar-refractivity contribution < 1.29 is 14.7 Å². The molecular formula is C15H18N2O3. The Bertz CT molecular complexity index is 484. The molecule has 1 aromatic carbocycles. The first-order chi connectivity index (χ1) is 9.56. The van der Waals surface area contributed by atoms with Crippen LogP contribution in [0.4, 0.5) is 10.5 Å². The van der Waals surface area contributed by atoms with Crippen LogP contribution >= 0.6 is 0 Å². The third-order valence-electron chi connectivity index (χ3n) is 2.55. The largest absolute Gasteiger partial charge is 0.481 e. The zero-order valence-corrected chi connectivity index (χ0v) is 11.2. The molecule has 0 bridgehead atoms. The fraction of sp³-hybridized carbons (Fsp3) is 0.200. The number of hydrogen-bond acceptors (Lipinski definition) is 2. The van der Waals surface area contributed by atoms with Crippen molar-refractivity contribution in [3.8, 4) is 0 Å². The number of benzene rings is 1. The van der Waals surface area contributed by atoms with Gasteiger partial charge in [0.2, 0.25) is 0 Å². The van der Waals surface area contributed by atoms with E-state index in [1.165, 1.54) is 0 Å². The van der Waals surface area contributed by atoms with E-state index < -0.39 is 5.97 Å². The maximum atomic E-state index is 12.0. The summed E-state index contributed by atoms with van der Waals surface area (Å²) in [4.78, 5) is 24.1. The third kappa shape index (κ3) is 4.97. The lowest BCUT2D eigenvalue weighted by atomic mass is 10.1. The summed E-state index contributed by atoms with van der Waals surface area (Å²) in [5.74, 6) is -0.884. The summed E-state index contributed by atoms with van der Waals surface area (Å²) < 4.78 is 0. The normalized spacial score (nSPS) is 9.60. The van der Waals surface area contributed by atoms with Gasteiger partial charge in [-0.25, -0.2) is 4.79 Å². The predicted octanol–water partition coefficient (Wildman–Crippen LogP) is 2.52. The van der Waals surface area contributed by atoms with E-state index in [-0.39, 0.29) is 12.5 Å². The molecule has 0 saturated heterocycles. The Balaban J connectivity index is 2.66. The Morgan fingerprint density at radius 1 is 1.15 bits per heavy atom. The van der Waals surface area contributed by atoms with Crippen molar-refractivity contribution in [3.05, 3.63) is 55.1 Å². The van der Waals surface area contributed by atoms with E-state index in [4.69, 9.17) is 5.11 Å². The predicted molar refractivity (Wildman–Crippen MR) is 78.8 cm³/mol. The molecule has 1 rings (SSSR count). The van der Waals surface area contributed by atoms with Crippen molar-refractivity contribution in [2.24, 2.45) is 0 Å². The molecule has 0 atom stereocenters. The smallest absolute Gasteiger partial charge is 0.322 e. The molecule has 5 nitrogen and oxygen atoms in total. The van der Waals surface area contributed by atoms with Crippen LogP contribution < -0.4 is 5.32 Å². The van der Waals surface area contributed by atoms with Crippen LogP contribution in [-0.4, -0.2) is 35.1 Å². The molecule has 0 aliphatic rings. The van der Waals surface area contributed by atoms with E-state index in [9.17, 15) is 9.59 Å². The number of carbonyl (C=O) groups is 2. The molecule has 2 amide bonds. The summed E-state index contributed by atoms with van der Waals surface area (Å²) in [6.45, 7) is 8.05. The minimum atomic E-state index is -0.884. The Hall–Kier alpha value is -2.56. The number of anilines is 1. The molecule has 0 aliphatic heterocycles. The van der Waals surface area contributed by atoms with Crippen LogP contribution in [0.5, 0.6) is 0 Å². The molecule has 20 heavy (non-hydrogen) atoms. The van der Waals surface area contributed by atoms with E-state index >= 15 is 0 Å². The molecule has 0 unspecified atom stereocenters. The quantitative estimate of drug-likeness (QED) is 0.751. The van der Waals surface area contributed by atoms with Crippen LogP contribution in [0.3, 0.4) is 0 Å². The minimum Gasteiger partial charge on any atom is -0.481 e. The lowest BCUT2D eigenvalue weighted by molar-refractivity contribution is -0.136. The summed E-state index contributed by atoms with van der Waals surface area (Å²) in [5, 5.41) is 11.4. The van der Waals surface area contributed by atoms with Crippen LogP contribution in [0.1, 0.15) is 5.56 Å². The van der Waals surface area contributed by atoms with Crippen molar-refractivity contribution in [1.82, 2.24) is 4.90 Å². The van der Waals surface area contributed by atoms with Gasteiger partial charge >= 0.3 is 12.0 Å². The number of carboxylic acid groups (broad SMARTS) is 1. The average molecular weight is 274 g/mol. The molecule has 1 aromatic rings. The van der Waals surface area contributed by atoms with Gasteiger partial charge in [-0.1, -0.05) is 24.3 Å². The minimum absolute atomic E-state index is 0.0344. The summed E-state index contributed by atoms with van der Waals surface area (Å²) in [6.07, 6.45) is 3.24. The molecule has 0 saturated carbocycles.